The second kappa shape index (κ2) is 5.69. The van der Waals surface area contributed by atoms with Gasteiger partial charge in [0.05, 0.1) is 12.1 Å². The fraction of sp³-hybridized carbons (Fsp3) is 0.632. The molecule has 0 unspecified atom stereocenters. The number of nitrogens with zero attached hydrogens (tertiary/aromatic N) is 3. The Morgan fingerprint density at radius 1 is 1.11 bits per heavy atom. The molecule has 0 radical (unpaired) electrons. The number of halogens is 3. The molecule has 2 aromatic heterocycles. The number of carbonyl (C=O) groups is 1. The Hall–Kier alpha value is -2.12. The molecule has 5 nitrogen and oxygen atoms in total. The van der Waals surface area contributed by atoms with E-state index in [9.17, 15) is 18.0 Å². The van der Waals surface area contributed by atoms with Crippen molar-refractivity contribution in [3.63, 3.8) is 0 Å². The van der Waals surface area contributed by atoms with Crippen LogP contribution >= 0.6 is 0 Å². The van der Waals surface area contributed by atoms with Crippen LogP contribution in [-0.2, 0) is 17.5 Å². The highest BCUT2D eigenvalue weighted by molar-refractivity contribution is 5.83. The fourth-order valence-corrected chi connectivity index (χ4v) is 5.96. The minimum atomic E-state index is -4.43. The Bertz CT molecular complexity index is 869. The van der Waals surface area contributed by atoms with Crippen molar-refractivity contribution in [3.8, 4) is 0 Å². The monoisotopic (exact) mass is 378 g/mol. The van der Waals surface area contributed by atoms with Crippen LogP contribution in [0.4, 0.5) is 13.2 Å². The predicted octanol–water partition coefficient (Wildman–Crippen LogP) is 3.58. The molecule has 4 fully saturated rings. The summed E-state index contributed by atoms with van der Waals surface area (Å²) < 4.78 is 40.2. The zero-order valence-electron chi connectivity index (χ0n) is 14.8. The van der Waals surface area contributed by atoms with Gasteiger partial charge in [-0.25, -0.2) is 0 Å². The zero-order valence-corrected chi connectivity index (χ0v) is 14.8. The number of amides is 1. The topological polar surface area (TPSA) is 59.3 Å². The lowest BCUT2D eigenvalue weighted by Crippen LogP contribution is -2.53. The molecule has 1 amide bonds. The summed E-state index contributed by atoms with van der Waals surface area (Å²) in [4.78, 5) is 13.0. The van der Waals surface area contributed by atoms with Crippen molar-refractivity contribution in [1.82, 2.24) is 19.9 Å². The van der Waals surface area contributed by atoms with Crippen LogP contribution in [0.1, 0.15) is 49.9 Å². The lowest BCUT2D eigenvalue weighted by Gasteiger charge is -2.55. The number of hydrogen-bond acceptors (Lipinski definition) is 3. The Morgan fingerprint density at radius 2 is 1.74 bits per heavy atom. The highest BCUT2D eigenvalue weighted by Gasteiger charge is 2.54. The first-order valence-corrected chi connectivity index (χ1v) is 9.52. The molecule has 4 aliphatic carbocycles. The van der Waals surface area contributed by atoms with Crippen LogP contribution < -0.4 is 5.32 Å². The van der Waals surface area contributed by atoms with Gasteiger partial charge in [-0.05, 0) is 68.4 Å². The van der Waals surface area contributed by atoms with Crippen LogP contribution in [0, 0.1) is 23.2 Å². The van der Waals surface area contributed by atoms with Gasteiger partial charge in [0, 0.05) is 11.6 Å². The molecule has 6 rings (SSSR count). The van der Waals surface area contributed by atoms with Crippen LogP contribution in [-0.4, -0.2) is 20.5 Å². The molecule has 0 aromatic carbocycles. The Labute approximate surface area is 154 Å². The van der Waals surface area contributed by atoms with E-state index >= 15 is 0 Å². The number of aromatic nitrogens is 3. The molecule has 0 atom stereocenters. The van der Waals surface area contributed by atoms with Crippen molar-refractivity contribution in [1.29, 1.82) is 0 Å². The van der Waals surface area contributed by atoms with Gasteiger partial charge in [0.25, 0.3) is 0 Å². The normalized spacial score (nSPS) is 32.2. The number of rotatable bonds is 3. The molecule has 27 heavy (non-hydrogen) atoms. The van der Waals surface area contributed by atoms with E-state index in [1.54, 1.807) is 0 Å². The van der Waals surface area contributed by atoms with E-state index in [4.69, 9.17) is 0 Å². The SMILES string of the molecule is O=C(NCc1nnc2ccc(C(F)(F)F)cn12)C12CC3CC(CC(C3)C1)C2. The van der Waals surface area contributed by atoms with Gasteiger partial charge in [0.1, 0.15) is 0 Å². The zero-order chi connectivity index (χ0) is 18.8. The summed E-state index contributed by atoms with van der Waals surface area (Å²) in [6.45, 7) is 0.0864. The molecule has 4 aliphatic rings. The van der Waals surface area contributed by atoms with Crippen molar-refractivity contribution in [2.24, 2.45) is 23.2 Å². The van der Waals surface area contributed by atoms with Crippen LogP contribution in [0.25, 0.3) is 5.65 Å². The molecule has 0 aliphatic heterocycles. The quantitative estimate of drug-likeness (QED) is 0.888. The van der Waals surface area contributed by atoms with Crippen LogP contribution in [0.2, 0.25) is 0 Å². The Balaban J connectivity index is 1.35. The first-order chi connectivity index (χ1) is 12.8. The van der Waals surface area contributed by atoms with Gasteiger partial charge >= 0.3 is 6.18 Å². The van der Waals surface area contributed by atoms with Crippen molar-refractivity contribution < 1.29 is 18.0 Å². The summed E-state index contributed by atoms with van der Waals surface area (Å²) in [6.07, 6.45) is 3.15. The summed E-state index contributed by atoms with van der Waals surface area (Å²) >= 11 is 0. The van der Waals surface area contributed by atoms with Gasteiger partial charge in [-0.1, -0.05) is 0 Å². The molecule has 144 valence electrons. The van der Waals surface area contributed by atoms with Crippen LogP contribution in [0.3, 0.4) is 0 Å². The molecule has 1 N–H and O–H groups in total. The van der Waals surface area contributed by atoms with E-state index in [1.165, 1.54) is 29.7 Å². The van der Waals surface area contributed by atoms with Gasteiger partial charge in [0.2, 0.25) is 5.91 Å². The number of nitrogens with one attached hydrogen (secondary N) is 1. The van der Waals surface area contributed by atoms with Gasteiger partial charge in [-0.15, -0.1) is 10.2 Å². The summed E-state index contributed by atoms with van der Waals surface area (Å²) in [5.74, 6) is 2.32. The number of carbonyl (C=O) groups excluding carboxylic acids is 1. The third-order valence-corrected chi connectivity index (χ3v) is 6.73. The second-order valence-electron chi connectivity index (χ2n) is 8.64. The van der Waals surface area contributed by atoms with E-state index in [0.717, 1.165) is 31.5 Å². The molecular weight excluding hydrogens is 357 g/mol. The first-order valence-electron chi connectivity index (χ1n) is 9.52. The maximum Gasteiger partial charge on any atom is 0.417 e. The number of alkyl halides is 3. The van der Waals surface area contributed by atoms with E-state index < -0.39 is 11.7 Å². The minimum Gasteiger partial charge on any atom is -0.348 e. The standard InChI is InChI=1S/C19H21F3N4O/c20-19(21,22)14-1-2-15-24-25-16(26(15)10-14)9-23-17(27)18-6-11-3-12(7-18)5-13(4-11)8-18/h1-2,10-13H,3-9H2,(H,23,27). The van der Waals surface area contributed by atoms with Gasteiger partial charge < -0.3 is 5.32 Å². The average Bonchev–Trinajstić information content (AvgIpc) is 3.00. The highest BCUT2D eigenvalue weighted by atomic mass is 19.4. The Morgan fingerprint density at radius 3 is 2.33 bits per heavy atom. The van der Waals surface area contributed by atoms with Crippen molar-refractivity contribution >= 4 is 11.6 Å². The average molecular weight is 378 g/mol. The second-order valence-corrected chi connectivity index (χ2v) is 8.64. The Kier molecular flexibility index (Phi) is 3.58. The third kappa shape index (κ3) is 2.80. The summed E-state index contributed by atoms with van der Waals surface area (Å²) in [7, 11) is 0. The number of pyridine rings is 1. The predicted molar refractivity (Wildman–Crippen MR) is 90.4 cm³/mol. The van der Waals surface area contributed by atoms with Crippen molar-refractivity contribution in [3.05, 3.63) is 29.7 Å². The van der Waals surface area contributed by atoms with E-state index in [0.29, 0.717) is 29.2 Å². The number of hydrogen-bond donors (Lipinski definition) is 1. The molecule has 0 spiro atoms. The minimum absolute atomic E-state index is 0.0327. The van der Waals surface area contributed by atoms with E-state index in [2.05, 4.69) is 15.5 Å². The number of fused-ring (bicyclic) bond motifs is 1. The summed E-state index contributed by atoms with van der Waals surface area (Å²) in [5, 5.41) is 10.8. The first kappa shape index (κ1) is 17.0. The van der Waals surface area contributed by atoms with E-state index in [1.807, 2.05) is 0 Å². The lowest BCUT2D eigenvalue weighted by molar-refractivity contribution is -0.146. The molecule has 4 saturated carbocycles. The lowest BCUT2D eigenvalue weighted by atomic mass is 9.49. The van der Waals surface area contributed by atoms with Gasteiger partial charge in [-0.3, -0.25) is 9.20 Å². The summed E-state index contributed by atoms with van der Waals surface area (Å²) in [5.41, 5.74) is -0.711. The van der Waals surface area contributed by atoms with Gasteiger partial charge in [-0.2, -0.15) is 13.2 Å². The maximum atomic E-state index is 13.0. The summed E-state index contributed by atoms with van der Waals surface area (Å²) in [6, 6.07) is 2.28. The molecule has 2 aromatic rings. The fourth-order valence-electron chi connectivity index (χ4n) is 5.96. The van der Waals surface area contributed by atoms with Crippen LogP contribution in [0.5, 0.6) is 0 Å². The van der Waals surface area contributed by atoms with Crippen molar-refractivity contribution in [2.75, 3.05) is 0 Å². The maximum absolute atomic E-state index is 13.0. The molecule has 0 saturated heterocycles. The molecule has 4 bridgehead atoms. The van der Waals surface area contributed by atoms with E-state index in [-0.39, 0.29) is 17.9 Å². The van der Waals surface area contributed by atoms with Crippen LogP contribution in [0.15, 0.2) is 18.3 Å². The highest BCUT2D eigenvalue weighted by Crippen LogP contribution is 2.60. The molecule has 2 heterocycles. The largest absolute Gasteiger partial charge is 0.417 e. The molecule has 8 heteroatoms. The third-order valence-electron chi connectivity index (χ3n) is 6.73. The smallest absolute Gasteiger partial charge is 0.348 e. The van der Waals surface area contributed by atoms with Crippen molar-refractivity contribution in [2.45, 2.75) is 51.2 Å². The molecular formula is C19H21F3N4O. The van der Waals surface area contributed by atoms with Gasteiger partial charge in [0.15, 0.2) is 11.5 Å².